The Hall–Kier alpha value is -0.840. The molecule has 5 heteroatoms. The van der Waals surface area contributed by atoms with Gasteiger partial charge in [0.05, 0.1) is 28.7 Å². The van der Waals surface area contributed by atoms with Crippen LogP contribution in [0.3, 0.4) is 0 Å². The fourth-order valence-electron chi connectivity index (χ4n) is 2.21. The summed E-state index contributed by atoms with van der Waals surface area (Å²) in [6, 6.07) is 6.11. The van der Waals surface area contributed by atoms with Gasteiger partial charge in [-0.3, -0.25) is 0 Å². The Kier molecular flexibility index (Phi) is 2.50. The Balaban J connectivity index is 2.29. The summed E-state index contributed by atoms with van der Waals surface area (Å²) in [5.74, 6) is 0. The van der Waals surface area contributed by atoms with Crippen molar-refractivity contribution in [3.05, 3.63) is 28.0 Å². The molecule has 1 aromatic heterocycles. The van der Waals surface area contributed by atoms with E-state index in [2.05, 4.69) is 9.55 Å². The fourth-order valence-corrected chi connectivity index (χ4v) is 2.83. The lowest BCUT2D eigenvalue weighted by molar-refractivity contribution is 0.187. The number of ether oxygens (including phenoxy) is 1. The van der Waals surface area contributed by atoms with Crippen molar-refractivity contribution in [2.24, 2.45) is 0 Å². The first-order valence-electron chi connectivity index (χ1n) is 5.24. The Morgan fingerprint density at radius 2 is 2.38 bits per heavy atom. The third kappa shape index (κ3) is 1.49. The minimum absolute atomic E-state index is 0.307. The molecular formula is C11H11ClN2OS. The van der Waals surface area contributed by atoms with E-state index >= 15 is 0 Å². The number of nitrogens with one attached hydrogen (secondary N) is 1. The van der Waals surface area contributed by atoms with Crippen molar-refractivity contribution in [2.45, 2.75) is 12.5 Å². The van der Waals surface area contributed by atoms with Gasteiger partial charge in [0, 0.05) is 6.61 Å². The summed E-state index contributed by atoms with van der Waals surface area (Å²) < 4.78 is 8.20. The van der Waals surface area contributed by atoms with Crippen LogP contribution in [0, 0.1) is 4.77 Å². The van der Waals surface area contributed by atoms with Crippen molar-refractivity contribution >= 4 is 34.9 Å². The highest BCUT2D eigenvalue weighted by Crippen LogP contribution is 2.29. The van der Waals surface area contributed by atoms with Crippen molar-refractivity contribution in [3.8, 4) is 0 Å². The third-order valence-corrected chi connectivity index (χ3v) is 3.56. The molecule has 2 heterocycles. The topological polar surface area (TPSA) is 29.9 Å². The van der Waals surface area contributed by atoms with Gasteiger partial charge in [-0.1, -0.05) is 17.7 Å². The average Bonchev–Trinajstić information content (AvgIpc) is 2.84. The number of nitrogens with zero attached hydrogens (tertiary/aromatic N) is 1. The number of H-pyrrole nitrogens is 1. The lowest BCUT2D eigenvalue weighted by atomic mass is 10.2. The van der Waals surface area contributed by atoms with Gasteiger partial charge < -0.3 is 14.3 Å². The molecule has 0 saturated carbocycles. The van der Waals surface area contributed by atoms with E-state index in [9.17, 15) is 0 Å². The second-order valence-electron chi connectivity index (χ2n) is 3.95. The molecule has 0 radical (unpaired) electrons. The van der Waals surface area contributed by atoms with Crippen LogP contribution in [0.25, 0.3) is 11.0 Å². The first-order valence-corrected chi connectivity index (χ1v) is 6.02. The summed E-state index contributed by atoms with van der Waals surface area (Å²) in [7, 11) is 0. The first kappa shape index (κ1) is 10.3. The number of benzene rings is 1. The molecule has 0 bridgehead atoms. The standard InChI is InChI=1S/C11H11ClN2OS/c12-8-2-1-3-9-10(8)14(11(16)13-9)7-4-5-15-6-7/h1-3,7H,4-6H2,(H,13,16). The Morgan fingerprint density at radius 1 is 1.50 bits per heavy atom. The molecule has 0 aliphatic carbocycles. The largest absolute Gasteiger partial charge is 0.379 e. The number of hydrogen-bond donors (Lipinski definition) is 1. The molecule has 0 spiro atoms. The minimum Gasteiger partial charge on any atom is -0.379 e. The number of aromatic nitrogens is 2. The molecule has 2 aromatic rings. The van der Waals surface area contributed by atoms with E-state index < -0.39 is 0 Å². The van der Waals surface area contributed by atoms with Gasteiger partial charge in [0.2, 0.25) is 0 Å². The van der Waals surface area contributed by atoms with Crippen LogP contribution in [-0.2, 0) is 4.74 Å². The quantitative estimate of drug-likeness (QED) is 0.792. The van der Waals surface area contributed by atoms with Crippen LogP contribution in [0.15, 0.2) is 18.2 Å². The highest BCUT2D eigenvalue weighted by Gasteiger charge is 2.21. The van der Waals surface area contributed by atoms with Crippen molar-refractivity contribution in [1.82, 2.24) is 9.55 Å². The molecule has 3 nitrogen and oxygen atoms in total. The SMILES string of the molecule is S=c1[nH]c2cccc(Cl)c2n1C1CCOC1. The molecule has 1 fully saturated rings. The van der Waals surface area contributed by atoms with Gasteiger partial charge in [0.25, 0.3) is 0 Å². The zero-order valence-electron chi connectivity index (χ0n) is 8.57. The number of fused-ring (bicyclic) bond motifs is 1. The van der Waals surface area contributed by atoms with Gasteiger partial charge in [0.15, 0.2) is 4.77 Å². The van der Waals surface area contributed by atoms with Crippen molar-refractivity contribution in [3.63, 3.8) is 0 Å². The van der Waals surface area contributed by atoms with E-state index in [1.807, 2.05) is 18.2 Å². The molecule has 1 saturated heterocycles. The summed E-state index contributed by atoms with van der Waals surface area (Å²) in [5, 5.41) is 0.733. The highest BCUT2D eigenvalue weighted by atomic mass is 35.5. The molecule has 84 valence electrons. The highest BCUT2D eigenvalue weighted by molar-refractivity contribution is 7.71. The zero-order valence-corrected chi connectivity index (χ0v) is 10.1. The smallest absolute Gasteiger partial charge is 0.178 e. The number of rotatable bonds is 1. The first-order chi connectivity index (χ1) is 7.77. The molecule has 0 amide bonds. The monoisotopic (exact) mass is 254 g/mol. The van der Waals surface area contributed by atoms with E-state index in [4.69, 9.17) is 28.6 Å². The normalized spacial score (nSPS) is 20.7. The molecule has 1 aromatic carbocycles. The summed E-state index contributed by atoms with van der Waals surface area (Å²) >= 11 is 11.6. The lowest BCUT2D eigenvalue weighted by Crippen LogP contribution is -2.08. The average molecular weight is 255 g/mol. The maximum absolute atomic E-state index is 6.23. The zero-order chi connectivity index (χ0) is 11.1. The molecule has 1 aliphatic rings. The Bertz CT molecular complexity index is 583. The van der Waals surface area contributed by atoms with Crippen LogP contribution in [-0.4, -0.2) is 22.8 Å². The summed E-state index contributed by atoms with van der Waals surface area (Å²) in [6.45, 7) is 1.51. The predicted octanol–water partition coefficient (Wildman–Crippen LogP) is 3.31. The van der Waals surface area contributed by atoms with E-state index in [1.54, 1.807) is 0 Å². The van der Waals surface area contributed by atoms with Crippen molar-refractivity contribution in [2.75, 3.05) is 13.2 Å². The molecule has 1 atom stereocenters. The number of hydrogen-bond acceptors (Lipinski definition) is 2. The Labute approximate surface area is 103 Å². The van der Waals surface area contributed by atoms with Crippen LogP contribution in [0.2, 0.25) is 5.02 Å². The number of halogens is 1. The van der Waals surface area contributed by atoms with Gasteiger partial charge in [-0.05, 0) is 30.8 Å². The van der Waals surface area contributed by atoms with Gasteiger partial charge in [-0.15, -0.1) is 0 Å². The van der Waals surface area contributed by atoms with Crippen LogP contribution in [0.4, 0.5) is 0 Å². The van der Waals surface area contributed by atoms with E-state index in [-0.39, 0.29) is 0 Å². The van der Waals surface area contributed by atoms with E-state index in [1.165, 1.54) is 0 Å². The second-order valence-corrected chi connectivity index (χ2v) is 4.75. The van der Waals surface area contributed by atoms with Crippen molar-refractivity contribution < 1.29 is 4.74 Å². The maximum atomic E-state index is 6.23. The number of para-hydroxylation sites is 1. The number of aromatic amines is 1. The molecule has 3 rings (SSSR count). The lowest BCUT2D eigenvalue weighted by Gasteiger charge is -2.11. The van der Waals surface area contributed by atoms with Crippen molar-refractivity contribution in [1.29, 1.82) is 0 Å². The van der Waals surface area contributed by atoms with E-state index in [0.29, 0.717) is 12.6 Å². The molecule has 1 unspecified atom stereocenters. The fraction of sp³-hybridized carbons (Fsp3) is 0.364. The van der Waals surface area contributed by atoms with E-state index in [0.717, 1.165) is 33.9 Å². The third-order valence-electron chi connectivity index (χ3n) is 2.96. The van der Waals surface area contributed by atoms with Crippen LogP contribution in [0.5, 0.6) is 0 Å². The second kappa shape index (κ2) is 3.87. The summed E-state index contributed by atoms with van der Waals surface area (Å²) in [6.07, 6.45) is 0.993. The van der Waals surface area contributed by atoms with Crippen LogP contribution < -0.4 is 0 Å². The summed E-state index contributed by atoms with van der Waals surface area (Å²) in [5.41, 5.74) is 1.98. The molecule has 1 N–H and O–H groups in total. The summed E-state index contributed by atoms with van der Waals surface area (Å²) in [4.78, 5) is 3.18. The van der Waals surface area contributed by atoms with Gasteiger partial charge in [-0.2, -0.15) is 0 Å². The molecular weight excluding hydrogens is 244 g/mol. The van der Waals surface area contributed by atoms with Crippen LogP contribution >= 0.6 is 23.8 Å². The predicted molar refractivity (Wildman–Crippen MR) is 66.6 cm³/mol. The van der Waals surface area contributed by atoms with Gasteiger partial charge in [0.1, 0.15) is 0 Å². The number of imidazole rings is 1. The van der Waals surface area contributed by atoms with Crippen LogP contribution in [0.1, 0.15) is 12.5 Å². The Morgan fingerprint density at radius 3 is 3.12 bits per heavy atom. The minimum atomic E-state index is 0.307. The maximum Gasteiger partial charge on any atom is 0.178 e. The van der Waals surface area contributed by atoms with Gasteiger partial charge in [-0.25, -0.2) is 0 Å². The van der Waals surface area contributed by atoms with Gasteiger partial charge >= 0.3 is 0 Å². The molecule has 1 aliphatic heterocycles. The molecule has 16 heavy (non-hydrogen) atoms.